The van der Waals surface area contributed by atoms with Crippen molar-refractivity contribution in [3.63, 3.8) is 0 Å². The second kappa shape index (κ2) is 16.9. The fourth-order valence-corrected chi connectivity index (χ4v) is 9.31. The Balaban J connectivity index is 1.57. The molecule has 0 aliphatic rings. The summed E-state index contributed by atoms with van der Waals surface area (Å²) in [5.74, 6) is 4.75. The summed E-state index contributed by atoms with van der Waals surface area (Å²) in [6.45, 7) is 8.37. The van der Waals surface area contributed by atoms with E-state index in [1.807, 2.05) is 60.4 Å². The molecule has 0 bridgehead atoms. The predicted molar refractivity (Wildman–Crippen MR) is 177 cm³/mol. The molecule has 0 unspecified atom stereocenters. The van der Waals surface area contributed by atoms with Crippen molar-refractivity contribution >= 4 is 46.5 Å². The van der Waals surface area contributed by atoms with E-state index in [2.05, 4.69) is 10.2 Å². The van der Waals surface area contributed by atoms with E-state index in [4.69, 9.17) is 13.3 Å². The summed E-state index contributed by atoms with van der Waals surface area (Å²) in [7, 11) is -3.43. The average molecular weight is 676 g/mol. The van der Waals surface area contributed by atoms with Crippen molar-refractivity contribution < 1.29 is 41.2 Å². The summed E-state index contributed by atoms with van der Waals surface area (Å²) in [6, 6.07) is 9.48. The highest BCUT2D eigenvalue weighted by Gasteiger charge is 2.41. The second-order valence-electron chi connectivity index (χ2n) is 10.5. The zero-order chi connectivity index (χ0) is 33.8. The number of hydrogen-bond donors (Lipinski definition) is 0. The Kier molecular flexibility index (Phi) is 12.7. The molecule has 1 aromatic carbocycles. The van der Waals surface area contributed by atoms with E-state index in [1.165, 1.54) is 22.3 Å². The Morgan fingerprint density at radius 3 is 1.94 bits per heavy atom. The molecule has 0 amide bonds. The van der Waals surface area contributed by atoms with E-state index >= 15 is 4.39 Å². The molecule has 47 heavy (non-hydrogen) atoms. The van der Waals surface area contributed by atoms with Gasteiger partial charge >= 0.3 is 8.80 Å². The van der Waals surface area contributed by atoms with Crippen LogP contribution in [0, 0.1) is 5.82 Å². The Labute approximate surface area is 275 Å². The van der Waals surface area contributed by atoms with Gasteiger partial charge < -0.3 is 13.3 Å². The minimum Gasteiger partial charge on any atom is -0.374 e. The number of halogens is 1. The number of allylic oxidation sites excluding steroid dienone is 1. The average Bonchev–Trinajstić information content (AvgIpc) is 3.46. The van der Waals surface area contributed by atoms with Crippen LogP contribution in [0.4, 0.5) is 4.39 Å². The van der Waals surface area contributed by atoms with Gasteiger partial charge in [0, 0.05) is 73.9 Å². The number of aromatic nitrogens is 5. The van der Waals surface area contributed by atoms with E-state index < -0.39 is 23.4 Å². The van der Waals surface area contributed by atoms with Gasteiger partial charge in [0.2, 0.25) is 0 Å². The maximum atomic E-state index is 15.9. The molecule has 3 aromatic heterocycles. The van der Waals surface area contributed by atoms with Crippen molar-refractivity contribution in [2.24, 2.45) is 7.05 Å². The van der Waals surface area contributed by atoms with E-state index in [-0.39, 0.29) is 0 Å². The third kappa shape index (κ3) is 8.66. The fraction of sp³-hybridized carbons (Fsp3) is 0.333. The van der Waals surface area contributed by atoms with Crippen LogP contribution in [-0.4, -0.2) is 70.2 Å². The molecular weight excluding hydrogens is 638 g/mol. The number of benzene rings is 1. The van der Waals surface area contributed by atoms with Gasteiger partial charge in [0.25, 0.3) is 0 Å². The lowest BCUT2D eigenvalue weighted by Gasteiger charge is -2.27. The summed E-state index contributed by atoms with van der Waals surface area (Å²) in [6.07, 6.45) is 7.70. The Hall–Kier alpha value is -4.49. The number of carbonyl (C=O) groups excluding carboxylic acids is 3. The summed E-state index contributed by atoms with van der Waals surface area (Å²) < 4.78 is 37.7. The van der Waals surface area contributed by atoms with Crippen LogP contribution < -0.4 is 9.13 Å². The Bertz CT molecular complexity index is 1800. The zero-order valence-corrected chi connectivity index (χ0v) is 29.1. The van der Waals surface area contributed by atoms with Crippen molar-refractivity contribution in [3.05, 3.63) is 77.5 Å². The summed E-state index contributed by atoms with van der Waals surface area (Å²) >= 11 is 0. The number of fused-ring (bicyclic) bond motifs is 1. The molecule has 0 fully saturated rings. The van der Waals surface area contributed by atoms with Gasteiger partial charge in [-0.05, 0) is 49.4 Å². The van der Waals surface area contributed by atoms with Gasteiger partial charge in [-0.3, -0.25) is 0 Å². The minimum atomic E-state index is -2.80. The Morgan fingerprint density at radius 2 is 1.40 bits per heavy atom. The smallest absolute Gasteiger partial charge is 0.374 e. The molecule has 14 heteroatoms. The molecule has 0 atom stereocenters. The maximum Gasteiger partial charge on any atom is 0.507 e. The van der Waals surface area contributed by atoms with Crippen LogP contribution >= 0.6 is 0 Å². The van der Waals surface area contributed by atoms with Gasteiger partial charge in [-0.1, -0.05) is 0 Å². The van der Waals surface area contributed by atoms with Gasteiger partial charge in [-0.25, -0.2) is 27.9 Å². The van der Waals surface area contributed by atoms with Crippen molar-refractivity contribution in [3.8, 4) is 22.3 Å². The molecule has 0 N–H and O–H groups in total. The lowest BCUT2D eigenvalue weighted by Crippen LogP contribution is -2.49. The predicted octanol–water partition coefficient (Wildman–Crippen LogP) is 2.83. The van der Waals surface area contributed by atoms with Gasteiger partial charge in [-0.2, -0.15) is 15.0 Å². The van der Waals surface area contributed by atoms with Crippen molar-refractivity contribution in [2.75, 3.05) is 19.8 Å². The highest BCUT2D eigenvalue weighted by molar-refractivity contribution is 6.79. The quantitative estimate of drug-likeness (QED) is 0.0954. The molecule has 3 heterocycles. The third-order valence-electron chi connectivity index (χ3n) is 7.53. The second-order valence-corrected chi connectivity index (χ2v) is 15.7. The topological polar surface area (TPSA) is 117 Å². The summed E-state index contributed by atoms with van der Waals surface area (Å²) in [5.41, 5.74) is 5.77. The number of pyridine rings is 2. The van der Waals surface area contributed by atoms with Crippen LogP contribution in [0.15, 0.2) is 71.7 Å². The molecule has 4 aromatic rings. The molecule has 0 aliphatic heterocycles. The lowest BCUT2D eigenvalue weighted by atomic mass is 9.98. The highest BCUT2D eigenvalue weighted by Crippen LogP contribution is 2.35. The normalized spacial score (nSPS) is 11.9. The van der Waals surface area contributed by atoms with Crippen LogP contribution in [-0.2, 0) is 47.8 Å². The molecule has 0 radical (unpaired) electrons. The molecule has 0 spiro atoms. The van der Waals surface area contributed by atoms with E-state index in [0.29, 0.717) is 78.3 Å². The largest absolute Gasteiger partial charge is 0.507 e. The van der Waals surface area contributed by atoms with Crippen molar-refractivity contribution in [2.45, 2.75) is 46.3 Å². The number of hydrogen-bond acceptors (Lipinski definition) is 8. The van der Waals surface area contributed by atoms with Crippen LogP contribution in [0.5, 0.6) is 0 Å². The van der Waals surface area contributed by atoms with Gasteiger partial charge in [-0.15, -0.1) is 0 Å². The SMILES string of the molecule is CCO[Si](CC[n+]1ccc(-c2cc(F)c(-c3cc[n+](CCC(=C=O)[SiH](C=C=O)C=C=O)cc3)c3nn(C)nc23)cc1)(OCC)OCC. The van der Waals surface area contributed by atoms with Crippen molar-refractivity contribution in [1.82, 2.24) is 15.0 Å². The molecule has 244 valence electrons. The number of nitrogens with zero attached hydrogens (tertiary/aromatic N) is 5. The fourth-order valence-electron chi connectivity index (χ4n) is 5.39. The molecule has 0 saturated carbocycles. The van der Waals surface area contributed by atoms with Crippen LogP contribution in [0.25, 0.3) is 33.3 Å². The molecular formula is C33H38FN5O6Si2+2. The first-order valence-electron chi connectivity index (χ1n) is 15.4. The number of aryl methyl sites for hydroxylation is 3. The van der Waals surface area contributed by atoms with Crippen LogP contribution in [0.3, 0.4) is 0 Å². The van der Waals surface area contributed by atoms with Crippen LogP contribution in [0.2, 0.25) is 6.04 Å². The lowest BCUT2D eigenvalue weighted by molar-refractivity contribution is -0.696. The minimum absolute atomic E-state index is 0.295. The zero-order valence-electron chi connectivity index (χ0n) is 26.9. The van der Waals surface area contributed by atoms with Gasteiger partial charge in [0.05, 0.1) is 6.04 Å². The molecule has 11 nitrogen and oxygen atoms in total. The van der Waals surface area contributed by atoms with Crippen LogP contribution in [0.1, 0.15) is 27.2 Å². The number of rotatable bonds is 17. The first kappa shape index (κ1) is 35.4. The molecule has 0 saturated heterocycles. The maximum absolute atomic E-state index is 15.9. The van der Waals surface area contributed by atoms with Gasteiger partial charge in [0.15, 0.2) is 46.7 Å². The van der Waals surface area contributed by atoms with Gasteiger partial charge in [0.1, 0.15) is 34.7 Å². The highest BCUT2D eigenvalue weighted by atomic mass is 28.4. The summed E-state index contributed by atoms with van der Waals surface area (Å²) in [4.78, 5) is 34.5. The summed E-state index contributed by atoms with van der Waals surface area (Å²) in [5, 5.41) is 9.45. The third-order valence-corrected chi connectivity index (χ3v) is 12.8. The first-order valence-corrected chi connectivity index (χ1v) is 19.3. The molecule has 4 rings (SSSR count). The first-order chi connectivity index (χ1) is 22.8. The molecule has 0 aliphatic carbocycles. The van der Waals surface area contributed by atoms with Crippen molar-refractivity contribution in [1.29, 1.82) is 0 Å². The van der Waals surface area contributed by atoms with E-state index in [0.717, 1.165) is 5.56 Å². The monoisotopic (exact) mass is 675 g/mol. The van der Waals surface area contributed by atoms with E-state index in [9.17, 15) is 14.4 Å². The Morgan fingerprint density at radius 1 is 0.872 bits per heavy atom. The van der Waals surface area contributed by atoms with E-state index in [1.54, 1.807) is 43.5 Å². The standard InChI is InChI=1S/C33H38FN5O6Si2/c1-5-43-47(44-6-2,45-7-3)23-18-39-13-8-26(9-14-39)29-24-30(34)31(33-32(29)35-37(4)36-33)27-10-15-38(16-11-27)17-12-28(25-42)46(21-19-40)22-20-41/h8-11,13-16,21-22,24,46H,5-7,12,17-18,23H2,1-4H3/q+2.